The lowest BCUT2D eigenvalue weighted by molar-refractivity contribution is 0.0473. The zero-order valence-electron chi connectivity index (χ0n) is 16.4. The molecule has 0 unspecified atom stereocenters. The van der Waals surface area contributed by atoms with Crippen molar-refractivity contribution in [1.82, 2.24) is 0 Å². The molecule has 2 aromatic carbocycles. The van der Waals surface area contributed by atoms with Gasteiger partial charge in [0.15, 0.2) is 0 Å². The summed E-state index contributed by atoms with van der Waals surface area (Å²) in [5.41, 5.74) is 5.45. The van der Waals surface area contributed by atoms with Crippen LogP contribution in [-0.4, -0.2) is 5.97 Å². The van der Waals surface area contributed by atoms with E-state index in [0.29, 0.717) is 22.6 Å². The second-order valence-corrected chi connectivity index (χ2v) is 7.27. The van der Waals surface area contributed by atoms with E-state index in [-0.39, 0.29) is 6.61 Å². The van der Waals surface area contributed by atoms with Gasteiger partial charge in [0.2, 0.25) is 0 Å². The number of ether oxygens (including phenoxy) is 1. The van der Waals surface area contributed by atoms with Gasteiger partial charge in [0.25, 0.3) is 0 Å². The number of esters is 1. The minimum atomic E-state index is -0.447. The van der Waals surface area contributed by atoms with E-state index in [4.69, 9.17) is 9.15 Å². The normalized spacial score (nSPS) is 11.2. The summed E-state index contributed by atoms with van der Waals surface area (Å²) in [7, 11) is 0. The Kier molecular flexibility index (Phi) is 5.17. The number of aryl methyl sites for hydroxylation is 2. The van der Waals surface area contributed by atoms with Gasteiger partial charge in [0.1, 0.15) is 12.2 Å². The summed E-state index contributed by atoms with van der Waals surface area (Å²) in [6.45, 7) is 10.1. The molecule has 3 rings (SSSR count). The molecular weight excluding hydrogens is 340 g/mol. The molecule has 0 atom stereocenters. The van der Waals surface area contributed by atoms with Gasteiger partial charge in [-0.1, -0.05) is 26.0 Å². The molecule has 0 spiro atoms. The fraction of sp³-hybridized carbons (Fsp3) is 0.304. The second kappa shape index (κ2) is 7.39. The highest BCUT2D eigenvalue weighted by atomic mass is 16.5. The van der Waals surface area contributed by atoms with Crippen molar-refractivity contribution in [3.05, 3.63) is 80.2 Å². The average molecular weight is 364 g/mol. The van der Waals surface area contributed by atoms with Crippen LogP contribution in [0.15, 0.2) is 45.6 Å². The van der Waals surface area contributed by atoms with E-state index in [1.807, 2.05) is 45.0 Å². The topological polar surface area (TPSA) is 56.5 Å². The van der Waals surface area contributed by atoms with Gasteiger partial charge in [-0.2, -0.15) is 0 Å². The number of hydrogen-bond donors (Lipinski definition) is 0. The van der Waals surface area contributed by atoms with Crippen LogP contribution in [-0.2, 0) is 11.3 Å². The zero-order valence-corrected chi connectivity index (χ0v) is 16.4. The van der Waals surface area contributed by atoms with Crippen LogP contribution in [0.25, 0.3) is 11.0 Å². The average Bonchev–Trinajstić information content (AvgIpc) is 2.60. The molecule has 0 saturated carbocycles. The molecule has 1 aromatic heterocycles. The molecule has 0 saturated heterocycles. The number of benzene rings is 2. The lowest BCUT2D eigenvalue weighted by Crippen LogP contribution is -2.10. The van der Waals surface area contributed by atoms with Crippen molar-refractivity contribution < 1.29 is 13.9 Å². The number of carbonyl (C=O) groups is 1. The van der Waals surface area contributed by atoms with E-state index in [1.165, 1.54) is 11.6 Å². The molecule has 0 aliphatic heterocycles. The Morgan fingerprint density at radius 2 is 1.81 bits per heavy atom. The fourth-order valence-electron chi connectivity index (χ4n) is 3.33. The molecular formula is C23H24O4. The smallest absolute Gasteiger partial charge is 0.338 e. The lowest BCUT2D eigenvalue weighted by Gasteiger charge is -2.13. The predicted molar refractivity (Wildman–Crippen MR) is 106 cm³/mol. The molecule has 0 bridgehead atoms. The van der Waals surface area contributed by atoms with Crippen molar-refractivity contribution in [2.45, 2.75) is 47.1 Å². The van der Waals surface area contributed by atoms with E-state index in [0.717, 1.165) is 22.1 Å². The van der Waals surface area contributed by atoms with E-state index in [2.05, 4.69) is 13.8 Å². The lowest BCUT2D eigenvalue weighted by atomic mass is 9.95. The fourth-order valence-corrected chi connectivity index (χ4v) is 3.33. The first-order chi connectivity index (χ1) is 12.8. The first kappa shape index (κ1) is 18.9. The number of carbonyl (C=O) groups excluding carboxylic acids is 1. The minimum Gasteiger partial charge on any atom is -0.457 e. The van der Waals surface area contributed by atoms with Gasteiger partial charge in [-0.25, -0.2) is 9.59 Å². The molecule has 4 nitrogen and oxygen atoms in total. The van der Waals surface area contributed by atoms with Crippen LogP contribution in [0.3, 0.4) is 0 Å². The van der Waals surface area contributed by atoms with Crippen molar-refractivity contribution in [2.75, 3.05) is 0 Å². The number of fused-ring (bicyclic) bond motifs is 1. The van der Waals surface area contributed by atoms with Gasteiger partial charge >= 0.3 is 11.6 Å². The maximum Gasteiger partial charge on any atom is 0.338 e. The quantitative estimate of drug-likeness (QED) is 0.472. The molecule has 1 heterocycles. The van der Waals surface area contributed by atoms with Gasteiger partial charge in [-0.15, -0.1) is 0 Å². The van der Waals surface area contributed by atoms with Crippen LogP contribution in [0.2, 0.25) is 0 Å². The van der Waals surface area contributed by atoms with Crippen LogP contribution in [0.5, 0.6) is 0 Å². The maximum absolute atomic E-state index is 12.5. The van der Waals surface area contributed by atoms with Crippen molar-refractivity contribution in [3.8, 4) is 0 Å². The Balaban J connectivity index is 1.96. The van der Waals surface area contributed by atoms with Crippen LogP contribution in [0.1, 0.15) is 57.9 Å². The standard InChI is InChI=1S/C23H24O4/c1-13(2)19-11-20-17(10-22(24)27-21(20)9-15(19)4)12-26-23(25)18-8-6-7-14(3)16(18)5/h6-11,13H,12H2,1-5H3. The van der Waals surface area contributed by atoms with Crippen LogP contribution >= 0.6 is 0 Å². The maximum atomic E-state index is 12.5. The van der Waals surface area contributed by atoms with Crippen LogP contribution in [0.4, 0.5) is 0 Å². The van der Waals surface area contributed by atoms with Gasteiger partial charge in [0, 0.05) is 17.0 Å². The molecule has 4 heteroatoms. The molecule has 140 valence electrons. The summed E-state index contributed by atoms with van der Waals surface area (Å²) in [4.78, 5) is 24.5. The largest absolute Gasteiger partial charge is 0.457 e. The highest BCUT2D eigenvalue weighted by molar-refractivity contribution is 5.91. The highest BCUT2D eigenvalue weighted by Crippen LogP contribution is 2.27. The first-order valence-electron chi connectivity index (χ1n) is 9.08. The SMILES string of the molecule is Cc1cc2oc(=O)cc(COC(=O)c3cccc(C)c3C)c2cc1C(C)C. The highest BCUT2D eigenvalue weighted by Gasteiger charge is 2.15. The molecule has 0 aliphatic rings. The van der Waals surface area contributed by atoms with Crippen molar-refractivity contribution >= 4 is 16.9 Å². The van der Waals surface area contributed by atoms with Crippen molar-refractivity contribution in [1.29, 1.82) is 0 Å². The third-order valence-corrected chi connectivity index (χ3v) is 5.02. The van der Waals surface area contributed by atoms with Crippen LogP contribution in [0, 0.1) is 20.8 Å². The van der Waals surface area contributed by atoms with Crippen molar-refractivity contribution in [3.63, 3.8) is 0 Å². The molecule has 0 amide bonds. The Morgan fingerprint density at radius 1 is 1.07 bits per heavy atom. The Bertz CT molecular complexity index is 1070. The van der Waals surface area contributed by atoms with Gasteiger partial charge in [-0.3, -0.25) is 0 Å². The van der Waals surface area contributed by atoms with E-state index >= 15 is 0 Å². The molecule has 0 N–H and O–H groups in total. The molecule has 0 radical (unpaired) electrons. The van der Waals surface area contributed by atoms with Gasteiger partial charge in [0.05, 0.1) is 5.56 Å². The van der Waals surface area contributed by atoms with E-state index in [1.54, 1.807) is 6.07 Å². The number of hydrogen-bond acceptors (Lipinski definition) is 4. The summed E-state index contributed by atoms with van der Waals surface area (Å²) >= 11 is 0. The Morgan fingerprint density at radius 3 is 2.52 bits per heavy atom. The minimum absolute atomic E-state index is 0.0227. The Hall–Kier alpha value is -2.88. The van der Waals surface area contributed by atoms with E-state index in [9.17, 15) is 9.59 Å². The summed E-state index contributed by atoms with van der Waals surface area (Å²) < 4.78 is 10.9. The second-order valence-electron chi connectivity index (χ2n) is 7.27. The summed E-state index contributed by atoms with van der Waals surface area (Å²) in [5.74, 6) is -0.0551. The van der Waals surface area contributed by atoms with Gasteiger partial charge in [-0.05, 0) is 67.1 Å². The van der Waals surface area contributed by atoms with Gasteiger partial charge < -0.3 is 9.15 Å². The van der Waals surface area contributed by atoms with Crippen molar-refractivity contribution in [2.24, 2.45) is 0 Å². The summed E-state index contributed by atoms with van der Waals surface area (Å²) in [6, 6.07) is 10.9. The Labute approximate surface area is 158 Å². The van der Waals surface area contributed by atoms with Crippen LogP contribution < -0.4 is 5.63 Å². The molecule has 0 aliphatic carbocycles. The summed E-state index contributed by atoms with van der Waals surface area (Å²) in [5, 5.41) is 0.803. The number of rotatable bonds is 4. The third kappa shape index (κ3) is 3.80. The predicted octanol–water partition coefficient (Wildman–Crippen LogP) is 5.20. The van der Waals surface area contributed by atoms with E-state index < -0.39 is 11.6 Å². The first-order valence-corrected chi connectivity index (χ1v) is 9.08. The summed E-state index contributed by atoms with van der Waals surface area (Å²) in [6.07, 6.45) is 0. The third-order valence-electron chi connectivity index (χ3n) is 5.02. The monoisotopic (exact) mass is 364 g/mol. The molecule has 0 fully saturated rings. The zero-order chi connectivity index (χ0) is 19.7. The molecule has 3 aromatic rings. The molecule has 27 heavy (non-hydrogen) atoms.